The van der Waals surface area contributed by atoms with Gasteiger partial charge < -0.3 is 9.64 Å². The Balaban J connectivity index is 2.28. The SMILES string of the molecule is CN1CN(c2nc(OCC(F)(F)F)c(Cl)cc2F)C=CC1C(F)(F)F. The smallest absolute Gasteiger partial charge is 0.422 e. The molecule has 0 aromatic carbocycles. The monoisotopic (exact) mass is 393 g/mol. The number of ether oxygens (including phenoxy) is 1. The minimum absolute atomic E-state index is 0.398. The maximum atomic E-state index is 14.0. The van der Waals surface area contributed by atoms with E-state index in [1.54, 1.807) is 0 Å². The van der Waals surface area contributed by atoms with Gasteiger partial charge in [0.15, 0.2) is 18.2 Å². The minimum atomic E-state index is -4.66. The number of nitrogens with zero attached hydrogens (tertiary/aromatic N) is 3. The summed E-state index contributed by atoms with van der Waals surface area (Å²) in [6.45, 7) is -2.10. The second kappa shape index (κ2) is 6.87. The molecule has 0 saturated heterocycles. The van der Waals surface area contributed by atoms with Gasteiger partial charge in [-0.2, -0.15) is 31.3 Å². The minimum Gasteiger partial charge on any atom is -0.467 e. The fourth-order valence-electron chi connectivity index (χ4n) is 2.10. The summed E-state index contributed by atoms with van der Waals surface area (Å²) in [4.78, 5) is 5.42. The highest BCUT2D eigenvalue weighted by atomic mass is 35.5. The van der Waals surface area contributed by atoms with Crippen LogP contribution < -0.4 is 9.64 Å². The number of alkyl halides is 6. The van der Waals surface area contributed by atoms with Crippen molar-refractivity contribution in [2.75, 3.05) is 25.2 Å². The molecule has 1 atom stereocenters. The lowest BCUT2D eigenvalue weighted by molar-refractivity contribution is -0.167. The molecule has 0 aliphatic carbocycles. The Morgan fingerprint density at radius 1 is 1.28 bits per heavy atom. The van der Waals surface area contributed by atoms with Gasteiger partial charge in [0.2, 0.25) is 5.88 Å². The Morgan fingerprint density at radius 3 is 2.44 bits per heavy atom. The van der Waals surface area contributed by atoms with Crippen molar-refractivity contribution in [1.82, 2.24) is 9.88 Å². The molecule has 0 amide bonds. The lowest BCUT2D eigenvalue weighted by Gasteiger charge is -2.36. The summed E-state index contributed by atoms with van der Waals surface area (Å²) < 4.78 is 93.4. The molecule has 2 rings (SSSR count). The molecule has 4 nitrogen and oxygen atoms in total. The van der Waals surface area contributed by atoms with Crippen molar-refractivity contribution in [3.8, 4) is 5.88 Å². The van der Waals surface area contributed by atoms with Gasteiger partial charge in [0.1, 0.15) is 11.1 Å². The van der Waals surface area contributed by atoms with E-state index in [0.29, 0.717) is 6.07 Å². The maximum Gasteiger partial charge on any atom is 0.422 e. The predicted octanol–water partition coefficient (Wildman–Crippen LogP) is 3.97. The van der Waals surface area contributed by atoms with E-state index in [1.165, 1.54) is 0 Å². The highest BCUT2D eigenvalue weighted by Gasteiger charge is 2.42. The van der Waals surface area contributed by atoms with Crippen molar-refractivity contribution in [2.45, 2.75) is 18.4 Å². The molecule has 1 aliphatic rings. The molecule has 1 unspecified atom stereocenters. The average molecular weight is 394 g/mol. The van der Waals surface area contributed by atoms with E-state index in [4.69, 9.17) is 11.6 Å². The molecule has 0 bridgehead atoms. The molecule has 0 radical (unpaired) electrons. The van der Waals surface area contributed by atoms with Crippen molar-refractivity contribution in [3.05, 3.63) is 29.2 Å². The Labute approximate surface area is 142 Å². The van der Waals surface area contributed by atoms with Gasteiger partial charge in [-0.3, -0.25) is 4.90 Å². The maximum absolute atomic E-state index is 14.0. The van der Waals surface area contributed by atoms with Crippen molar-refractivity contribution >= 4 is 17.4 Å². The number of hydrogen-bond donors (Lipinski definition) is 0. The lowest BCUT2D eigenvalue weighted by atomic mass is 10.2. The van der Waals surface area contributed by atoms with Gasteiger partial charge in [-0.15, -0.1) is 0 Å². The zero-order chi connectivity index (χ0) is 19.0. The van der Waals surface area contributed by atoms with Gasteiger partial charge in [0.05, 0.1) is 6.67 Å². The Bertz CT molecular complexity index is 662. The number of aromatic nitrogens is 1. The van der Waals surface area contributed by atoms with Crippen LogP contribution in [0.3, 0.4) is 0 Å². The van der Waals surface area contributed by atoms with Crippen molar-refractivity contribution in [2.24, 2.45) is 0 Å². The standard InChI is InChI=1S/C13H11ClF7N3O/c1-23-6-24(3-2-9(23)13(19,20)21)10-8(15)4-7(14)11(22-10)25-5-12(16,17)18/h2-4,9H,5-6H2,1H3. The molecule has 12 heteroatoms. The number of halogens is 8. The fraction of sp³-hybridized carbons (Fsp3) is 0.462. The van der Waals surface area contributed by atoms with Gasteiger partial charge in [-0.1, -0.05) is 11.6 Å². The summed E-state index contributed by atoms with van der Waals surface area (Å²) in [5, 5.41) is -0.493. The molecule has 140 valence electrons. The molecular formula is C13H11ClF7N3O. The molecule has 0 spiro atoms. The van der Waals surface area contributed by atoms with Crippen LogP contribution in [0, 0.1) is 5.82 Å². The van der Waals surface area contributed by atoms with E-state index in [9.17, 15) is 30.7 Å². The molecule has 25 heavy (non-hydrogen) atoms. The van der Waals surface area contributed by atoms with Crippen molar-refractivity contribution in [1.29, 1.82) is 0 Å². The summed E-state index contributed by atoms with van der Waals surface area (Å²) in [5.41, 5.74) is 0. The number of likely N-dealkylation sites (N-methyl/N-ethyl adjacent to an activating group) is 1. The topological polar surface area (TPSA) is 28.6 Å². The zero-order valence-corrected chi connectivity index (χ0v) is 13.3. The Hall–Kier alpha value is -1.75. The second-order valence-electron chi connectivity index (χ2n) is 5.18. The molecule has 0 saturated carbocycles. The second-order valence-corrected chi connectivity index (χ2v) is 5.59. The van der Waals surface area contributed by atoms with Crippen molar-refractivity contribution in [3.63, 3.8) is 0 Å². The lowest BCUT2D eigenvalue weighted by Crippen LogP contribution is -2.49. The van der Waals surface area contributed by atoms with Crippen LogP contribution in [-0.2, 0) is 0 Å². The summed E-state index contributed by atoms with van der Waals surface area (Å²) in [6.07, 6.45) is -7.46. The normalized spacial score (nSPS) is 19.4. The van der Waals surface area contributed by atoms with Crippen LogP contribution in [0.2, 0.25) is 5.02 Å². The summed E-state index contributed by atoms with van der Waals surface area (Å²) in [5.74, 6) is -2.21. The van der Waals surface area contributed by atoms with E-state index in [1.807, 2.05) is 0 Å². The number of pyridine rings is 1. The predicted molar refractivity (Wildman–Crippen MR) is 74.8 cm³/mol. The molecule has 1 aliphatic heterocycles. The van der Waals surface area contributed by atoms with Gasteiger partial charge in [-0.05, 0) is 13.1 Å². The fourth-order valence-corrected chi connectivity index (χ4v) is 2.29. The first kappa shape index (κ1) is 19.6. The highest BCUT2D eigenvalue weighted by molar-refractivity contribution is 6.31. The van der Waals surface area contributed by atoms with E-state index in [2.05, 4.69) is 9.72 Å². The largest absolute Gasteiger partial charge is 0.467 e. The molecule has 1 aromatic heterocycles. The molecule has 0 N–H and O–H groups in total. The molecule has 0 fully saturated rings. The van der Waals surface area contributed by atoms with E-state index in [-0.39, 0.29) is 0 Å². The van der Waals surface area contributed by atoms with Crippen molar-refractivity contribution < 1.29 is 35.5 Å². The first-order valence-electron chi connectivity index (χ1n) is 6.66. The van der Waals surface area contributed by atoms with Gasteiger partial charge in [0, 0.05) is 12.3 Å². The number of hydrogen-bond acceptors (Lipinski definition) is 4. The van der Waals surface area contributed by atoms with Crippen LogP contribution in [-0.4, -0.2) is 48.6 Å². The zero-order valence-electron chi connectivity index (χ0n) is 12.5. The van der Waals surface area contributed by atoms with Crippen LogP contribution in [0.5, 0.6) is 5.88 Å². The third-order valence-electron chi connectivity index (χ3n) is 3.16. The third-order valence-corrected chi connectivity index (χ3v) is 3.43. The quantitative estimate of drug-likeness (QED) is 0.727. The molecular weight excluding hydrogens is 383 g/mol. The van der Waals surface area contributed by atoms with Crippen LogP contribution >= 0.6 is 11.6 Å². The average Bonchev–Trinajstić information content (AvgIpc) is 2.43. The van der Waals surface area contributed by atoms with Crippen LogP contribution in [0.1, 0.15) is 0 Å². The van der Waals surface area contributed by atoms with E-state index in [0.717, 1.165) is 29.1 Å². The van der Waals surface area contributed by atoms with Gasteiger partial charge >= 0.3 is 12.4 Å². The van der Waals surface area contributed by atoms with E-state index < -0.39 is 54.2 Å². The molecule has 1 aromatic rings. The third kappa shape index (κ3) is 4.88. The van der Waals surface area contributed by atoms with E-state index >= 15 is 0 Å². The summed E-state index contributed by atoms with van der Waals surface area (Å²) in [6, 6.07) is -1.20. The first-order chi connectivity index (χ1) is 11.4. The summed E-state index contributed by atoms with van der Waals surface area (Å²) >= 11 is 5.59. The van der Waals surface area contributed by atoms with Crippen LogP contribution in [0.25, 0.3) is 0 Å². The van der Waals surface area contributed by atoms with Gasteiger partial charge in [0.25, 0.3) is 0 Å². The Morgan fingerprint density at radius 2 is 1.92 bits per heavy atom. The number of rotatable bonds is 3. The summed E-state index contributed by atoms with van der Waals surface area (Å²) in [7, 11) is 1.16. The highest BCUT2D eigenvalue weighted by Crippen LogP contribution is 2.33. The first-order valence-corrected chi connectivity index (χ1v) is 7.04. The number of anilines is 1. The van der Waals surface area contributed by atoms with Crippen LogP contribution in [0.15, 0.2) is 18.3 Å². The Kier molecular flexibility index (Phi) is 5.38. The van der Waals surface area contributed by atoms with Gasteiger partial charge in [-0.25, -0.2) is 4.39 Å². The molecule has 2 heterocycles. The van der Waals surface area contributed by atoms with Crippen LogP contribution in [0.4, 0.5) is 36.6 Å².